The van der Waals surface area contributed by atoms with Gasteiger partial charge >= 0.3 is 0 Å². The first-order valence-electron chi connectivity index (χ1n) is 5.03. The van der Waals surface area contributed by atoms with Crippen molar-refractivity contribution >= 4 is 21.6 Å². The van der Waals surface area contributed by atoms with Crippen LogP contribution in [0.25, 0.3) is 10.1 Å². The Balaban J connectivity index is 2.36. The van der Waals surface area contributed by atoms with Gasteiger partial charge in [0.1, 0.15) is 0 Å². The molecule has 0 saturated heterocycles. The molecule has 0 fully saturated rings. The van der Waals surface area contributed by atoms with Crippen molar-refractivity contribution in [2.24, 2.45) is 5.73 Å². The lowest BCUT2D eigenvalue weighted by atomic mass is 10.2. The van der Waals surface area contributed by atoms with E-state index in [1.165, 1.54) is 11.5 Å². The fourth-order valence-corrected chi connectivity index (χ4v) is 2.49. The van der Waals surface area contributed by atoms with Crippen LogP contribution in [0.15, 0.2) is 29.1 Å². The van der Waals surface area contributed by atoms with Gasteiger partial charge in [-0.05, 0) is 25.5 Å². The van der Waals surface area contributed by atoms with E-state index in [9.17, 15) is 4.79 Å². The predicted molar refractivity (Wildman–Crippen MR) is 64.4 cm³/mol. The molecule has 80 valence electrons. The highest BCUT2D eigenvalue weighted by atomic mass is 32.1. The fourth-order valence-electron chi connectivity index (χ4n) is 1.49. The van der Waals surface area contributed by atoms with Gasteiger partial charge in [0.05, 0.1) is 10.1 Å². The molecule has 0 aliphatic rings. The van der Waals surface area contributed by atoms with E-state index >= 15 is 0 Å². The van der Waals surface area contributed by atoms with E-state index < -0.39 is 0 Å². The second-order valence-corrected chi connectivity index (χ2v) is 4.82. The largest absolute Gasteiger partial charge is 0.328 e. The number of aryl methyl sites for hydroxylation is 1. The zero-order chi connectivity index (χ0) is 10.8. The van der Waals surface area contributed by atoms with Gasteiger partial charge in [0, 0.05) is 12.6 Å². The average Bonchev–Trinajstić information content (AvgIpc) is 2.54. The minimum atomic E-state index is 0.108. The molecule has 3 nitrogen and oxygen atoms in total. The lowest BCUT2D eigenvalue weighted by molar-refractivity contribution is 0.589. The van der Waals surface area contributed by atoms with Gasteiger partial charge in [0.25, 0.3) is 5.56 Å². The van der Waals surface area contributed by atoms with Crippen LogP contribution in [-0.2, 0) is 6.54 Å². The van der Waals surface area contributed by atoms with E-state index in [0.29, 0.717) is 0 Å². The molecule has 0 radical (unpaired) electrons. The van der Waals surface area contributed by atoms with Gasteiger partial charge in [-0.2, -0.15) is 0 Å². The van der Waals surface area contributed by atoms with E-state index in [0.717, 1.165) is 23.1 Å². The molecular formula is C11H14N2OS. The molecule has 1 unspecified atom stereocenters. The molecule has 0 amide bonds. The maximum atomic E-state index is 11.9. The van der Waals surface area contributed by atoms with Crippen LogP contribution in [0.4, 0.5) is 0 Å². The van der Waals surface area contributed by atoms with Crippen molar-refractivity contribution in [3.05, 3.63) is 34.6 Å². The van der Waals surface area contributed by atoms with E-state index in [1.807, 2.05) is 31.2 Å². The zero-order valence-corrected chi connectivity index (χ0v) is 9.46. The molecule has 2 N–H and O–H groups in total. The number of fused-ring (bicyclic) bond motifs is 1. The van der Waals surface area contributed by atoms with Crippen LogP contribution in [0.2, 0.25) is 0 Å². The van der Waals surface area contributed by atoms with Crippen LogP contribution < -0.4 is 11.3 Å². The number of nitrogens with two attached hydrogens (primary N) is 1. The molecular weight excluding hydrogens is 208 g/mol. The van der Waals surface area contributed by atoms with Crippen molar-refractivity contribution in [1.29, 1.82) is 0 Å². The second-order valence-electron chi connectivity index (χ2n) is 3.76. The third-order valence-corrected chi connectivity index (χ3v) is 3.46. The molecule has 4 heteroatoms. The van der Waals surface area contributed by atoms with Crippen LogP contribution in [0, 0.1) is 0 Å². The van der Waals surface area contributed by atoms with Crippen molar-refractivity contribution < 1.29 is 0 Å². The first-order valence-corrected chi connectivity index (χ1v) is 5.80. The average molecular weight is 222 g/mol. The minimum Gasteiger partial charge on any atom is -0.328 e. The van der Waals surface area contributed by atoms with Crippen LogP contribution >= 0.6 is 11.5 Å². The van der Waals surface area contributed by atoms with Gasteiger partial charge in [-0.25, -0.2) is 0 Å². The highest BCUT2D eigenvalue weighted by Crippen LogP contribution is 2.15. The normalized spacial score (nSPS) is 13.2. The summed E-state index contributed by atoms with van der Waals surface area (Å²) in [6, 6.07) is 7.84. The van der Waals surface area contributed by atoms with Gasteiger partial charge in [0.2, 0.25) is 0 Å². The second kappa shape index (κ2) is 4.16. The Hall–Kier alpha value is -1.13. The van der Waals surface area contributed by atoms with Crippen molar-refractivity contribution in [3.8, 4) is 0 Å². The Kier molecular flexibility index (Phi) is 2.88. The quantitative estimate of drug-likeness (QED) is 0.860. The molecule has 0 saturated carbocycles. The maximum Gasteiger partial charge on any atom is 0.268 e. The van der Waals surface area contributed by atoms with Gasteiger partial charge in [-0.1, -0.05) is 23.7 Å². The highest BCUT2D eigenvalue weighted by molar-refractivity contribution is 7.13. The van der Waals surface area contributed by atoms with Gasteiger partial charge < -0.3 is 5.73 Å². The predicted octanol–water partition coefficient (Wildman–Crippen LogP) is 1.80. The molecule has 1 aromatic heterocycles. The third kappa shape index (κ3) is 2.11. The lowest BCUT2D eigenvalue weighted by Crippen LogP contribution is -2.20. The molecule has 0 bridgehead atoms. The number of nitrogens with zero attached hydrogens (tertiary/aromatic N) is 1. The number of benzene rings is 1. The smallest absolute Gasteiger partial charge is 0.268 e. The van der Waals surface area contributed by atoms with Crippen molar-refractivity contribution in [1.82, 2.24) is 3.96 Å². The number of hydrogen-bond donors (Lipinski definition) is 1. The SMILES string of the molecule is CC(N)CCn1sc2ccccc2c1=O. The van der Waals surface area contributed by atoms with Gasteiger partial charge in [-0.3, -0.25) is 8.75 Å². The molecule has 2 aromatic rings. The Morgan fingerprint density at radius 1 is 1.47 bits per heavy atom. The summed E-state index contributed by atoms with van der Waals surface area (Å²) in [5.41, 5.74) is 5.78. The number of rotatable bonds is 3. The van der Waals surface area contributed by atoms with Crippen molar-refractivity contribution in [2.45, 2.75) is 25.9 Å². The third-order valence-electron chi connectivity index (χ3n) is 2.34. The molecule has 0 spiro atoms. The fraction of sp³-hybridized carbons (Fsp3) is 0.364. The lowest BCUT2D eigenvalue weighted by Gasteiger charge is -2.03. The monoisotopic (exact) mass is 222 g/mol. The standard InChI is InChI=1S/C11H14N2OS/c1-8(12)6-7-13-11(14)9-4-2-3-5-10(9)15-13/h2-5,8H,6-7,12H2,1H3. The first kappa shape index (κ1) is 10.4. The minimum absolute atomic E-state index is 0.108. The summed E-state index contributed by atoms with van der Waals surface area (Å²) in [6.07, 6.45) is 0.840. The summed E-state index contributed by atoms with van der Waals surface area (Å²) in [7, 11) is 0. The molecule has 1 heterocycles. The molecule has 1 aromatic carbocycles. The van der Waals surface area contributed by atoms with Crippen LogP contribution in [0.3, 0.4) is 0 Å². The first-order chi connectivity index (χ1) is 7.18. The Morgan fingerprint density at radius 2 is 2.20 bits per heavy atom. The number of hydrogen-bond acceptors (Lipinski definition) is 3. The van der Waals surface area contributed by atoms with Gasteiger partial charge in [0.15, 0.2) is 0 Å². The van der Waals surface area contributed by atoms with Crippen LogP contribution in [0.5, 0.6) is 0 Å². The summed E-state index contributed by atoms with van der Waals surface area (Å²) in [4.78, 5) is 11.9. The highest BCUT2D eigenvalue weighted by Gasteiger charge is 2.06. The molecule has 0 aliphatic carbocycles. The number of aromatic nitrogens is 1. The maximum absolute atomic E-state index is 11.9. The molecule has 2 rings (SSSR count). The Morgan fingerprint density at radius 3 is 2.87 bits per heavy atom. The summed E-state index contributed by atoms with van der Waals surface area (Å²) in [5, 5.41) is 0.812. The summed E-state index contributed by atoms with van der Waals surface area (Å²) >= 11 is 1.51. The van der Waals surface area contributed by atoms with E-state index in [-0.39, 0.29) is 11.6 Å². The zero-order valence-electron chi connectivity index (χ0n) is 8.64. The molecule has 15 heavy (non-hydrogen) atoms. The van der Waals surface area contributed by atoms with E-state index in [2.05, 4.69) is 0 Å². The van der Waals surface area contributed by atoms with Gasteiger partial charge in [-0.15, -0.1) is 0 Å². The summed E-state index contributed by atoms with van der Waals surface area (Å²) in [6.45, 7) is 2.67. The van der Waals surface area contributed by atoms with Crippen LogP contribution in [0.1, 0.15) is 13.3 Å². The Bertz CT molecular complexity index is 513. The van der Waals surface area contributed by atoms with Crippen molar-refractivity contribution in [3.63, 3.8) is 0 Å². The molecule has 0 aliphatic heterocycles. The van der Waals surface area contributed by atoms with Crippen molar-refractivity contribution in [2.75, 3.05) is 0 Å². The van der Waals surface area contributed by atoms with E-state index in [4.69, 9.17) is 5.73 Å². The van der Waals surface area contributed by atoms with E-state index in [1.54, 1.807) is 3.96 Å². The van der Waals surface area contributed by atoms with Crippen LogP contribution in [-0.4, -0.2) is 10.00 Å². The topological polar surface area (TPSA) is 48.0 Å². The molecule has 1 atom stereocenters. The summed E-state index contributed by atoms with van der Waals surface area (Å²) < 4.78 is 2.83. The Labute approximate surface area is 92.3 Å². The summed E-state index contributed by atoms with van der Waals surface area (Å²) in [5.74, 6) is 0.